The summed E-state index contributed by atoms with van der Waals surface area (Å²) in [5, 5.41) is 11.4. The molecule has 0 saturated heterocycles. The lowest BCUT2D eigenvalue weighted by Gasteiger charge is -2.44. The molecule has 3 aromatic carbocycles. The lowest BCUT2D eigenvalue weighted by atomic mass is 9.68. The fraction of sp³-hybridized carbons (Fsp3) is 0.273. The molecule has 4 nitrogen and oxygen atoms in total. The van der Waals surface area contributed by atoms with Crippen LogP contribution in [0.3, 0.4) is 0 Å². The number of aryl methyl sites for hydroxylation is 1. The molecule has 5 rings (SSSR count). The largest absolute Gasteiger partial charge is 0.384 e. The molecule has 1 unspecified atom stereocenters. The molecule has 0 radical (unpaired) electrons. The van der Waals surface area contributed by atoms with E-state index >= 15 is 0 Å². The Morgan fingerprint density at radius 3 is 2.46 bits per heavy atom. The summed E-state index contributed by atoms with van der Waals surface area (Å²) >= 11 is 14.5. The molecule has 0 bridgehead atoms. The number of thioether (sulfide) groups is 1. The van der Waals surface area contributed by atoms with Crippen molar-refractivity contribution in [2.45, 2.75) is 57.1 Å². The van der Waals surface area contributed by atoms with Gasteiger partial charge in [0.05, 0.1) is 28.3 Å². The number of nitriles is 1. The van der Waals surface area contributed by atoms with E-state index in [1.165, 1.54) is 12.1 Å². The molecule has 1 aliphatic heterocycles. The lowest BCUT2D eigenvalue weighted by molar-refractivity contribution is -0.118. The van der Waals surface area contributed by atoms with Gasteiger partial charge >= 0.3 is 0 Å². The number of anilines is 1. The van der Waals surface area contributed by atoms with E-state index in [0.717, 1.165) is 32.8 Å². The first-order valence-corrected chi connectivity index (χ1v) is 15.0. The molecule has 0 spiro atoms. The molecule has 0 saturated carbocycles. The van der Waals surface area contributed by atoms with E-state index in [4.69, 9.17) is 28.9 Å². The highest BCUT2D eigenvalue weighted by Gasteiger charge is 2.45. The smallest absolute Gasteiger partial charge is 0.162 e. The van der Waals surface area contributed by atoms with Crippen LogP contribution in [0.15, 0.2) is 82.2 Å². The van der Waals surface area contributed by atoms with Gasteiger partial charge in [-0.15, -0.1) is 11.8 Å². The quantitative estimate of drug-likeness (QED) is 0.294. The van der Waals surface area contributed by atoms with Crippen molar-refractivity contribution in [2.24, 2.45) is 11.1 Å². The Morgan fingerprint density at radius 1 is 1.10 bits per heavy atom. The van der Waals surface area contributed by atoms with E-state index in [9.17, 15) is 14.4 Å². The third-order valence-corrected chi connectivity index (χ3v) is 9.35. The van der Waals surface area contributed by atoms with E-state index in [1.807, 2.05) is 13.8 Å². The van der Waals surface area contributed by atoms with Gasteiger partial charge in [-0.2, -0.15) is 5.26 Å². The van der Waals surface area contributed by atoms with Crippen molar-refractivity contribution >= 4 is 46.4 Å². The van der Waals surface area contributed by atoms with Crippen molar-refractivity contribution in [3.63, 3.8) is 0 Å². The van der Waals surface area contributed by atoms with Crippen LogP contribution in [0.5, 0.6) is 0 Å². The molecular weight excluding hydrogens is 576 g/mol. The van der Waals surface area contributed by atoms with Gasteiger partial charge in [-0.1, -0.05) is 54.7 Å². The van der Waals surface area contributed by atoms with Crippen molar-refractivity contribution in [1.29, 1.82) is 5.26 Å². The van der Waals surface area contributed by atoms with Crippen LogP contribution >= 0.6 is 35.0 Å². The van der Waals surface area contributed by atoms with Crippen LogP contribution in [-0.4, -0.2) is 5.78 Å². The molecule has 1 heterocycles. The third kappa shape index (κ3) is 5.64. The summed E-state index contributed by atoms with van der Waals surface area (Å²) in [5.41, 5.74) is 12.8. The Kier molecular flexibility index (Phi) is 8.00. The van der Waals surface area contributed by atoms with Gasteiger partial charge in [-0.25, -0.2) is 4.39 Å². The number of carbonyl (C=O) groups is 1. The summed E-state index contributed by atoms with van der Waals surface area (Å²) < 4.78 is 13.4. The predicted molar refractivity (Wildman–Crippen MR) is 165 cm³/mol. The molecule has 8 heteroatoms. The summed E-state index contributed by atoms with van der Waals surface area (Å²) in [6.07, 6.45) is 0.947. The minimum Gasteiger partial charge on any atom is -0.384 e. The summed E-state index contributed by atoms with van der Waals surface area (Å²) in [6.45, 7) is 8.17. The molecule has 2 N–H and O–H groups in total. The SMILES string of the molecule is Cc1cc(CSc2ccc(F)cc2)c(C)c(C2C(C#N)=C(N)N(c3ccc(Cl)cc3Cl)C3=C2C(=O)CC(C)(C)C3)c1. The molecule has 2 aliphatic rings. The van der Waals surface area contributed by atoms with Crippen LogP contribution in [0.4, 0.5) is 10.1 Å². The molecule has 0 aromatic heterocycles. The first-order chi connectivity index (χ1) is 19.4. The zero-order valence-corrected chi connectivity index (χ0v) is 25.6. The fourth-order valence-electron chi connectivity index (χ4n) is 5.86. The van der Waals surface area contributed by atoms with Crippen molar-refractivity contribution in [3.05, 3.63) is 115 Å². The Balaban J connectivity index is 1.68. The maximum atomic E-state index is 14.0. The van der Waals surface area contributed by atoms with Crippen LogP contribution in [0.25, 0.3) is 0 Å². The van der Waals surface area contributed by atoms with Crippen molar-refractivity contribution < 1.29 is 9.18 Å². The minimum atomic E-state index is -0.601. The topological polar surface area (TPSA) is 70.1 Å². The molecule has 210 valence electrons. The van der Waals surface area contributed by atoms with Gasteiger partial charge in [0, 0.05) is 33.4 Å². The van der Waals surface area contributed by atoms with E-state index in [0.29, 0.717) is 45.5 Å². The Hall–Kier alpha value is -3.24. The number of rotatable bonds is 5. The maximum Gasteiger partial charge on any atom is 0.162 e. The number of hydrogen-bond acceptors (Lipinski definition) is 5. The standard InChI is InChI=1S/C33H30Cl2FN3OS/c1-18-11-20(17-41-23-8-6-22(36)7-9-23)19(2)24(12-18)30-25(16-37)32(38)39(27-10-5-21(34)13-26(27)35)28-14-33(3,4)15-29(40)31(28)30/h5-13,30H,14-15,17,38H2,1-4H3. The zero-order valence-electron chi connectivity index (χ0n) is 23.3. The number of ketones is 1. The number of benzene rings is 3. The molecule has 41 heavy (non-hydrogen) atoms. The van der Waals surface area contributed by atoms with Crippen LogP contribution in [-0.2, 0) is 10.5 Å². The van der Waals surface area contributed by atoms with Crippen LogP contribution in [0.1, 0.15) is 54.9 Å². The fourth-order valence-corrected chi connectivity index (χ4v) is 7.31. The van der Waals surface area contributed by atoms with E-state index in [-0.39, 0.29) is 22.8 Å². The van der Waals surface area contributed by atoms with Crippen molar-refractivity contribution in [2.75, 3.05) is 4.90 Å². The van der Waals surface area contributed by atoms with Gasteiger partial charge < -0.3 is 5.73 Å². The second-order valence-corrected chi connectivity index (χ2v) is 13.3. The van der Waals surface area contributed by atoms with Gasteiger partial charge in [0.1, 0.15) is 11.6 Å². The van der Waals surface area contributed by atoms with Crippen molar-refractivity contribution in [1.82, 2.24) is 0 Å². The molecule has 0 fully saturated rings. The average molecular weight is 607 g/mol. The summed E-state index contributed by atoms with van der Waals surface area (Å²) in [4.78, 5) is 16.7. The van der Waals surface area contributed by atoms with Crippen LogP contribution in [0.2, 0.25) is 10.0 Å². The van der Waals surface area contributed by atoms with Gasteiger partial charge in [0.15, 0.2) is 5.78 Å². The van der Waals surface area contributed by atoms with E-state index in [1.54, 1.807) is 47.0 Å². The highest BCUT2D eigenvalue weighted by atomic mass is 35.5. The highest BCUT2D eigenvalue weighted by molar-refractivity contribution is 7.98. The molecule has 1 aliphatic carbocycles. The lowest BCUT2D eigenvalue weighted by Crippen LogP contribution is -2.42. The maximum absolute atomic E-state index is 14.0. The number of allylic oxidation sites excluding steroid dienone is 3. The number of carbonyl (C=O) groups excluding carboxylic acids is 1. The molecule has 1 atom stereocenters. The van der Waals surface area contributed by atoms with Crippen molar-refractivity contribution in [3.8, 4) is 6.07 Å². The minimum absolute atomic E-state index is 0.000251. The van der Waals surface area contributed by atoms with Gasteiger partial charge in [0.2, 0.25) is 0 Å². The first kappa shape index (κ1) is 29.3. The second-order valence-electron chi connectivity index (χ2n) is 11.5. The van der Waals surface area contributed by atoms with Crippen LogP contribution in [0, 0.1) is 36.4 Å². The van der Waals surface area contributed by atoms with Gasteiger partial charge in [-0.05, 0) is 84.8 Å². The van der Waals surface area contributed by atoms with E-state index < -0.39 is 5.92 Å². The number of halogens is 3. The summed E-state index contributed by atoms with van der Waals surface area (Å²) in [6, 6.07) is 18.1. The number of hydrogen-bond donors (Lipinski definition) is 1. The number of nitrogens with zero attached hydrogens (tertiary/aromatic N) is 2. The summed E-state index contributed by atoms with van der Waals surface area (Å²) in [5.74, 6) is 0.0379. The average Bonchev–Trinajstić information content (AvgIpc) is 2.89. The van der Waals surface area contributed by atoms with Crippen LogP contribution < -0.4 is 10.6 Å². The number of nitrogens with two attached hydrogens (primary N) is 1. The molecule has 3 aromatic rings. The first-order valence-electron chi connectivity index (χ1n) is 13.3. The highest BCUT2D eigenvalue weighted by Crippen LogP contribution is 2.52. The normalized spacial score (nSPS) is 18.4. The Bertz CT molecular complexity index is 1670. The Labute approximate surface area is 254 Å². The number of Topliss-reactive ketones (excluding diaryl/α,β-unsaturated/α-hetero) is 1. The van der Waals surface area contributed by atoms with Gasteiger partial charge in [-0.3, -0.25) is 9.69 Å². The Morgan fingerprint density at radius 2 is 1.80 bits per heavy atom. The molecule has 0 amide bonds. The van der Waals surface area contributed by atoms with E-state index in [2.05, 4.69) is 32.0 Å². The monoisotopic (exact) mass is 605 g/mol. The van der Waals surface area contributed by atoms with Gasteiger partial charge in [0.25, 0.3) is 0 Å². The molecular formula is C33H30Cl2FN3OS. The summed E-state index contributed by atoms with van der Waals surface area (Å²) in [7, 11) is 0. The second kappa shape index (κ2) is 11.2. The zero-order chi connectivity index (χ0) is 29.6. The predicted octanol–water partition coefficient (Wildman–Crippen LogP) is 8.98. The third-order valence-electron chi connectivity index (χ3n) is 7.75.